The molecule has 1 saturated heterocycles. The lowest BCUT2D eigenvalue weighted by Crippen LogP contribution is -2.44. The molecule has 23 heteroatoms. The van der Waals surface area contributed by atoms with E-state index in [2.05, 4.69) is 23.1 Å². The van der Waals surface area contributed by atoms with Crippen LogP contribution < -0.4 is 5.73 Å². The highest BCUT2D eigenvalue weighted by atomic mass is 31.3. The van der Waals surface area contributed by atoms with E-state index in [0.29, 0.717) is 0 Å². The van der Waals surface area contributed by atoms with Crippen LogP contribution in [0.4, 0.5) is 11.5 Å². The van der Waals surface area contributed by atoms with Crippen LogP contribution in [0.15, 0.2) is 12.5 Å². The van der Waals surface area contributed by atoms with E-state index in [9.17, 15) is 43.8 Å². The monoisotopic (exact) mass is 565 g/mol. The van der Waals surface area contributed by atoms with Gasteiger partial charge >= 0.3 is 23.5 Å². The van der Waals surface area contributed by atoms with Gasteiger partial charge in [0.15, 0.2) is 11.9 Å². The summed E-state index contributed by atoms with van der Waals surface area (Å²) < 4.78 is 52.0. The number of nitrogens with zero attached hydrogens (tertiary/aromatic N) is 4. The molecule has 3 rings (SSSR count). The molecule has 1 aliphatic heterocycles. The molecular weight excluding hydrogens is 547 g/mol. The Bertz CT molecular complexity index is 1290. The molecule has 2 aromatic heterocycles. The number of nitrogen functional groups attached to an aromatic ring is 1. The molecule has 35 heavy (non-hydrogen) atoms. The topological polar surface area (TPSA) is 309 Å². The van der Waals surface area contributed by atoms with Crippen LogP contribution >= 0.6 is 23.5 Å². The number of nitrogens with two attached hydrogens (primary N) is 1. The van der Waals surface area contributed by atoms with Gasteiger partial charge in [-0.15, -0.1) is 0 Å². The molecule has 3 heterocycles. The van der Waals surface area contributed by atoms with Gasteiger partial charge in [0.1, 0.15) is 35.3 Å². The molecule has 0 aliphatic carbocycles. The molecule has 2 aromatic rings. The van der Waals surface area contributed by atoms with Gasteiger partial charge in [-0.3, -0.25) is 19.2 Å². The van der Waals surface area contributed by atoms with Gasteiger partial charge in [0.2, 0.25) is 0 Å². The number of phosphoric ester groups is 1. The normalized spacial score (nSPS) is 28.6. The third-order valence-corrected chi connectivity index (χ3v) is 8.44. The fraction of sp³-hybridized carbons (Fsp3) is 0.500. The fourth-order valence-corrected chi connectivity index (χ4v) is 6.28. The van der Waals surface area contributed by atoms with E-state index >= 15 is 0 Å². The molecule has 0 spiro atoms. The first-order valence-electron chi connectivity index (χ1n) is 8.94. The van der Waals surface area contributed by atoms with Gasteiger partial charge in [0, 0.05) is 0 Å². The highest BCUT2D eigenvalue weighted by molar-refractivity contribution is 7.66. The highest BCUT2D eigenvalue weighted by Gasteiger charge is 2.54. The molecule has 6 unspecified atom stereocenters. The van der Waals surface area contributed by atoms with Gasteiger partial charge in [-0.1, -0.05) is 0 Å². The van der Waals surface area contributed by atoms with E-state index in [1.807, 2.05) is 0 Å². The van der Waals surface area contributed by atoms with Crippen molar-refractivity contribution >= 4 is 46.0 Å². The molecule has 196 valence electrons. The van der Waals surface area contributed by atoms with Crippen molar-refractivity contribution in [2.75, 3.05) is 12.3 Å². The molecule has 0 saturated carbocycles. The van der Waals surface area contributed by atoms with Crippen LogP contribution in [0.5, 0.6) is 0 Å². The molecule has 6 atom stereocenters. The summed E-state index contributed by atoms with van der Waals surface area (Å²) in [4.78, 5) is 54.0. The minimum Gasteiger partial charge on any atom is -0.387 e. The minimum atomic E-state index is -5.78. The SMILES string of the molecule is CC1(O)C(O)C(COP(=O)(O)OP(=O)(O)OP(=O)(O)O)OC1n1cc([N+](=O)[O-])c2c(N)ncnc21. The molecule has 20 nitrogen and oxygen atoms in total. The van der Waals surface area contributed by atoms with Gasteiger partial charge in [0.25, 0.3) is 5.69 Å². The zero-order valence-electron chi connectivity index (χ0n) is 17.2. The Hall–Kier alpha value is -1.89. The maximum atomic E-state index is 11.9. The van der Waals surface area contributed by atoms with Gasteiger partial charge in [0.05, 0.1) is 17.7 Å². The molecule has 8 N–H and O–H groups in total. The predicted octanol–water partition coefficient (Wildman–Crippen LogP) is -0.726. The van der Waals surface area contributed by atoms with Crippen LogP contribution in [-0.4, -0.2) is 73.7 Å². The van der Waals surface area contributed by atoms with Crippen LogP contribution in [0.2, 0.25) is 0 Å². The lowest BCUT2D eigenvalue weighted by atomic mass is 9.96. The quantitative estimate of drug-likeness (QED) is 0.112. The third kappa shape index (κ3) is 5.92. The van der Waals surface area contributed by atoms with Crippen LogP contribution in [0.1, 0.15) is 13.2 Å². The smallest absolute Gasteiger partial charge is 0.387 e. The number of aliphatic hydroxyl groups excluding tert-OH is 1. The number of nitro groups is 1. The van der Waals surface area contributed by atoms with Crippen molar-refractivity contribution in [3.05, 3.63) is 22.6 Å². The Morgan fingerprint density at radius 1 is 1.23 bits per heavy atom. The Labute approximate surface area is 193 Å². The zero-order chi connectivity index (χ0) is 26.6. The van der Waals surface area contributed by atoms with Crippen molar-refractivity contribution in [1.82, 2.24) is 14.5 Å². The van der Waals surface area contributed by atoms with Gasteiger partial charge in [-0.2, -0.15) is 8.62 Å². The predicted molar refractivity (Wildman–Crippen MR) is 109 cm³/mol. The Morgan fingerprint density at radius 2 is 1.86 bits per heavy atom. The summed E-state index contributed by atoms with van der Waals surface area (Å²) in [6.07, 6.45) is -3.24. The number of phosphoric acid groups is 3. The molecule has 1 fully saturated rings. The average Bonchev–Trinajstić information content (AvgIpc) is 3.14. The summed E-state index contributed by atoms with van der Waals surface area (Å²) in [6.45, 7) is -0.0225. The minimum absolute atomic E-state index is 0.157. The van der Waals surface area contributed by atoms with Crippen LogP contribution in [-0.2, 0) is 31.6 Å². The molecule has 0 aromatic carbocycles. The van der Waals surface area contributed by atoms with Crippen molar-refractivity contribution in [1.29, 1.82) is 0 Å². The second-order valence-corrected chi connectivity index (χ2v) is 11.6. The van der Waals surface area contributed by atoms with Crippen molar-refractivity contribution in [3.63, 3.8) is 0 Å². The molecule has 0 bridgehead atoms. The number of anilines is 1. The number of rotatable bonds is 9. The second-order valence-electron chi connectivity index (χ2n) is 7.22. The highest BCUT2D eigenvalue weighted by Crippen LogP contribution is 2.66. The van der Waals surface area contributed by atoms with Crippen molar-refractivity contribution in [3.8, 4) is 0 Å². The van der Waals surface area contributed by atoms with E-state index in [4.69, 9.17) is 20.3 Å². The number of hydrogen-bond acceptors (Lipinski definition) is 14. The molecule has 0 amide bonds. The number of ether oxygens (including phenoxy) is 1. The van der Waals surface area contributed by atoms with Crippen molar-refractivity contribution < 1.29 is 66.3 Å². The summed E-state index contributed by atoms with van der Waals surface area (Å²) in [5.41, 5.74) is 2.77. The number of fused-ring (bicyclic) bond motifs is 1. The number of hydrogen-bond donors (Lipinski definition) is 7. The van der Waals surface area contributed by atoms with Crippen molar-refractivity contribution in [2.24, 2.45) is 0 Å². The van der Waals surface area contributed by atoms with Gasteiger partial charge < -0.3 is 40.3 Å². The van der Waals surface area contributed by atoms with Crippen LogP contribution in [0, 0.1) is 10.1 Å². The Balaban J connectivity index is 1.84. The zero-order valence-corrected chi connectivity index (χ0v) is 19.8. The van der Waals surface area contributed by atoms with Crippen molar-refractivity contribution in [2.45, 2.75) is 31.0 Å². The van der Waals surface area contributed by atoms with Crippen LogP contribution in [0.25, 0.3) is 11.0 Å². The third-order valence-electron chi connectivity index (χ3n) is 4.64. The van der Waals surface area contributed by atoms with E-state index in [1.54, 1.807) is 0 Å². The summed E-state index contributed by atoms with van der Waals surface area (Å²) in [6, 6.07) is 0. The summed E-state index contributed by atoms with van der Waals surface area (Å²) >= 11 is 0. The molecular formula is C12H18N5O15P3. The van der Waals surface area contributed by atoms with Gasteiger partial charge in [-0.05, 0) is 6.92 Å². The lowest BCUT2D eigenvalue weighted by Gasteiger charge is -2.27. The molecule has 1 aliphatic rings. The van der Waals surface area contributed by atoms with Gasteiger partial charge in [-0.25, -0.2) is 23.7 Å². The Kier molecular flexibility index (Phi) is 7.28. The first-order valence-corrected chi connectivity index (χ1v) is 13.5. The van der Waals surface area contributed by atoms with Crippen LogP contribution in [0.3, 0.4) is 0 Å². The summed E-state index contributed by atoms with van der Waals surface area (Å²) in [7, 11) is -16.9. The maximum Gasteiger partial charge on any atom is 0.490 e. The van der Waals surface area contributed by atoms with E-state index < -0.39 is 64.7 Å². The van der Waals surface area contributed by atoms with E-state index in [1.165, 1.54) is 0 Å². The summed E-state index contributed by atoms with van der Waals surface area (Å²) in [5, 5.41) is 32.5. The fourth-order valence-electron chi connectivity index (χ4n) is 3.25. The second kappa shape index (κ2) is 9.20. The number of aromatic nitrogens is 3. The van der Waals surface area contributed by atoms with E-state index in [-0.39, 0.29) is 16.9 Å². The standard InChI is InChI=1S/C12H18N5O15P3/c1-12(19)8(18)6(3-29-34(25,26)32-35(27,28)31-33(22,23)24)30-11(12)16-2-5(17(20)21)7-9(13)14-4-15-10(7)16/h2,4,6,8,11,18-19H,3H2,1H3,(H,25,26)(H,27,28)(H2,13,14,15)(H2,22,23,24). The maximum absolute atomic E-state index is 11.9. The first-order chi connectivity index (χ1) is 15.8. The first kappa shape index (κ1) is 27.7. The lowest BCUT2D eigenvalue weighted by molar-refractivity contribution is -0.383. The number of aliphatic hydroxyl groups is 2. The Morgan fingerprint density at radius 3 is 2.43 bits per heavy atom. The molecule has 0 radical (unpaired) electrons. The van der Waals surface area contributed by atoms with E-state index in [0.717, 1.165) is 24.0 Å². The summed E-state index contributed by atoms with van der Waals surface area (Å²) in [5.74, 6) is -0.261. The average molecular weight is 565 g/mol. The largest absolute Gasteiger partial charge is 0.490 e.